The molecule has 0 spiro atoms. The molecule has 0 aromatic heterocycles. The average molecular weight is 268 g/mol. The molecule has 0 bridgehead atoms. The smallest absolute Gasteiger partial charge is 0.149 e. The number of hydrogen-bond donors (Lipinski definition) is 1. The van der Waals surface area contributed by atoms with Crippen LogP contribution < -0.4 is 5.73 Å². The van der Waals surface area contributed by atoms with Gasteiger partial charge < -0.3 is 5.73 Å². The van der Waals surface area contributed by atoms with E-state index in [0.717, 1.165) is 11.6 Å². The summed E-state index contributed by atoms with van der Waals surface area (Å²) >= 11 is 5.55. The number of hydrogen-bond acceptors (Lipinski definition) is 1. The van der Waals surface area contributed by atoms with Crippen molar-refractivity contribution in [2.24, 2.45) is 5.73 Å². The van der Waals surface area contributed by atoms with Gasteiger partial charge in [-0.15, -0.1) is 19.0 Å². The van der Waals surface area contributed by atoms with Crippen LogP contribution in [0.2, 0.25) is 5.02 Å². The Morgan fingerprint density at radius 3 is 2.56 bits per heavy atom. The third kappa shape index (κ3) is 3.44. The third-order valence-corrected chi connectivity index (χ3v) is 2.31. The number of rotatable bonds is 3. The maximum absolute atomic E-state index is 13.5. The van der Waals surface area contributed by atoms with E-state index in [9.17, 15) is 8.78 Å². The zero-order chi connectivity index (χ0) is 11.6. The fourth-order valence-electron chi connectivity index (χ4n) is 1.36. The molecule has 0 aliphatic carbocycles. The zero-order valence-corrected chi connectivity index (χ0v) is 10.3. The Kier molecular flexibility index (Phi) is 5.94. The average Bonchev–Trinajstić information content (AvgIpc) is 2.11. The normalized spacial score (nSPS) is 11.8. The van der Waals surface area contributed by atoms with Gasteiger partial charge in [-0.05, 0) is 25.5 Å². The van der Waals surface area contributed by atoms with Crippen molar-refractivity contribution in [2.45, 2.75) is 19.4 Å². The SMILES string of the molecule is C=C(C)C[C@H](N)c1c(F)ccc(Cl)c1F.Cl. The van der Waals surface area contributed by atoms with E-state index in [-0.39, 0.29) is 23.0 Å². The van der Waals surface area contributed by atoms with Gasteiger partial charge in [0.25, 0.3) is 0 Å². The highest BCUT2D eigenvalue weighted by Crippen LogP contribution is 2.27. The molecule has 0 aliphatic heterocycles. The van der Waals surface area contributed by atoms with Crippen molar-refractivity contribution in [1.82, 2.24) is 0 Å². The summed E-state index contributed by atoms with van der Waals surface area (Å²) in [7, 11) is 0. The highest BCUT2D eigenvalue weighted by molar-refractivity contribution is 6.30. The first-order chi connectivity index (χ1) is 6.93. The molecule has 0 fully saturated rings. The minimum absolute atomic E-state index is 0. The first-order valence-corrected chi connectivity index (χ1v) is 4.84. The van der Waals surface area contributed by atoms with Gasteiger partial charge >= 0.3 is 0 Å². The van der Waals surface area contributed by atoms with Crippen LogP contribution in [0.3, 0.4) is 0 Å². The highest BCUT2D eigenvalue weighted by atomic mass is 35.5. The van der Waals surface area contributed by atoms with Crippen molar-refractivity contribution in [3.8, 4) is 0 Å². The van der Waals surface area contributed by atoms with Gasteiger partial charge in [-0.3, -0.25) is 0 Å². The molecule has 0 heterocycles. The molecular formula is C11H13Cl2F2N. The Labute approximate surface area is 105 Å². The second-order valence-corrected chi connectivity index (χ2v) is 3.93. The van der Waals surface area contributed by atoms with Gasteiger partial charge in [0.1, 0.15) is 11.6 Å². The highest BCUT2D eigenvalue weighted by Gasteiger charge is 2.18. The number of halogens is 4. The lowest BCUT2D eigenvalue weighted by molar-refractivity contribution is 0.524. The van der Waals surface area contributed by atoms with Crippen LogP contribution in [0, 0.1) is 11.6 Å². The lowest BCUT2D eigenvalue weighted by Crippen LogP contribution is -2.14. The van der Waals surface area contributed by atoms with E-state index in [0.29, 0.717) is 6.42 Å². The molecule has 1 rings (SSSR count). The van der Waals surface area contributed by atoms with E-state index in [4.69, 9.17) is 17.3 Å². The predicted molar refractivity (Wildman–Crippen MR) is 65.0 cm³/mol. The van der Waals surface area contributed by atoms with Crippen LogP contribution in [-0.4, -0.2) is 0 Å². The number of nitrogens with two attached hydrogens (primary N) is 1. The maximum Gasteiger partial charge on any atom is 0.149 e. The van der Waals surface area contributed by atoms with Crippen molar-refractivity contribution in [3.63, 3.8) is 0 Å². The van der Waals surface area contributed by atoms with E-state index in [2.05, 4.69) is 6.58 Å². The van der Waals surface area contributed by atoms with Crippen molar-refractivity contribution in [1.29, 1.82) is 0 Å². The predicted octanol–water partition coefficient (Wildman–Crippen LogP) is 4.01. The Balaban J connectivity index is 0.00000225. The van der Waals surface area contributed by atoms with E-state index in [1.165, 1.54) is 6.07 Å². The Morgan fingerprint density at radius 1 is 1.50 bits per heavy atom. The van der Waals surface area contributed by atoms with E-state index in [1.54, 1.807) is 6.92 Å². The summed E-state index contributed by atoms with van der Waals surface area (Å²) in [4.78, 5) is 0. The van der Waals surface area contributed by atoms with Crippen LogP contribution in [0.25, 0.3) is 0 Å². The van der Waals surface area contributed by atoms with Crippen LogP contribution in [-0.2, 0) is 0 Å². The minimum atomic E-state index is -0.787. The molecule has 16 heavy (non-hydrogen) atoms. The largest absolute Gasteiger partial charge is 0.324 e. The van der Waals surface area contributed by atoms with Crippen LogP contribution in [0.15, 0.2) is 24.3 Å². The Morgan fingerprint density at radius 2 is 2.06 bits per heavy atom. The molecule has 0 amide bonds. The summed E-state index contributed by atoms with van der Waals surface area (Å²) < 4.78 is 26.8. The van der Waals surface area contributed by atoms with Gasteiger partial charge in [0.2, 0.25) is 0 Å². The lowest BCUT2D eigenvalue weighted by atomic mass is 10.0. The maximum atomic E-state index is 13.5. The quantitative estimate of drug-likeness (QED) is 0.650. The third-order valence-electron chi connectivity index (χ3n) is 2.02. The zero-order valence-electron chi connectivity index (χ0n) is 8.77. The molecule has 90 valence electrons. The van der Waals surface area contributed by atoms with Crippen molar-refractivity contribution in [2.75, 3.05) is 0 Å². The molecule has 0 saturated carbocycles. The molecule has 0 saturated heterocycles. The van der Waals surface area contributed by atoms with Gasteiger partial charge in [0, 0.05) is 11.6 Å². The molecule has 1 aromatic carbocycles. The lowest BCUT2D eigenvalue weighted by Gasteiger charge is -2.14. The Bertz CT molecular complexity index is 394. The first-order valence-electron chi connectivity index (χ1n) is 4.46. The van der Waals surface area contributed by atoms with E-state index < -0.39 is 17.7 Å². The van der Waals surface area contributed by atoms with Crippen LogP contribution >= 0.6 is 24.0 Å². The fourth-order valence-corrected chi connectivity index (χ4v) is 1.52. The van der Waals surface area contributed by atoms with Crippen LogP contribution in [0.5, 0.6) is 0 Å². The van der Waals surface area contributed by atoms with Gasteiger partial charge in [-0.25, -0.2) is 8.78 Å². The standard InChI is InChI=1S/C11H12ClF2N.ClH/c1-6(2)5-9(15)10-8(13)4-3-7(12)11(10)14;/h3-4,9H,1,5,15H2,2H3;1H/t9-;/m0./s1. The molecule has 0 aliphatic rings. The van der Waals surface area contributed by atoms with Crippen LogP contribution in [0.4, 0.5) is 8.78 Å². The van der Waals surface area contributed by atoms with E-state index >= 15 is 0 Å². The second-order valence-electron chi connectivity index (χ2n) is 3.52. The van der Waals surface area contributed by atoms with Crippen molar-refractivity contribution < 1.29 is 8.78 Å². The fraction of sp³-hybridized carbons (Fsp3) is 0.273. The van der Waals surface area contributed by atoms with Crippen LogP contribution in [0.1, 0.15) is 24.9 Å². The second kappa shape index (κ2) is 6.18. The minimum Gasteiger partial charge on any atom is -0.324 e. The molecule has 2 N–H and O–H groups in total. The molecule has 5 heteroatoms. The van der Waals surface area contributed by atoms with Crippen molar-refractivity contribution in [3.05, 3.63) is 46.5 Å². The topological polar surface area (TPSA) is 26.0 Å². The summed E-state index contributed by atoms with van der Waals surface area (Å²) in [5.74, 6) is -1.46. The summed E-state index contributed by atoms with van der Waals surface area (Å²) in [6, 6.07) is 1.53. The summed E-state index contributed by atoms with van der Waals surface area (Å²) in [6.07, 6.45) is 0.328. The monoisotopic (exact) mass is 267 g/mol. The summed E-state index contributed by atoms with van der Waals surface area (Å²) in [5, 5.41) is -0.122. The molecular weight excluding hydrogens is 255 g/mol. The van der Waals surface area contributed by atoms with E-state index in [1.807, 2.05) is 0 Å². The molecule has 0 unspecified atom stereocenters. The Hall–Kier alpha value is -0.640. The molecule has 0 radical (unpaired) electrons. The summed E-state index contributed by atoms with van der Waals surface area (Å²) in [6.45, 7) is 5.39. The van der Waals surface area contributed by atoms with Gasteiger partial charge in [-0.2, -0.15) is 0 Å². The van der Waals surface area contributed by atoms with Crippen molar-refractivity contribution >= 4 is 24.0 Å². The molecule has 1 nitrogen and oxygen atoms in total. The van der Waals surface area contributed by atoms with Gasteiger partial charge in [-0.1, -0.05) is 17.2 Å². The van der Waals surface area contributed by atoms with Gasteiger partial charge in [0.15, 0.2) is 0 Å². The summed E-state index contributed by atoms with van der Waals surface area (Å²) in [5.41, 5.74) is 6.26. The number of benzene rings is 1. The van der Waals surface area contributed by atoms with Gasteiger partial charge in [0.05, 0.1) is 5.02 Å². The first kappa shape index (κ1) is 15.4. The molecule has 1 atom stereocenters. The molecule has 1 aromatic rings.